The molecular weight excluding hydrogens is 408 g/mol. The number of allylic oxidation sites excluding steroid dienone is 1. The zero-order valence-corrected chi connectivity index (χ0v) is 20.6. The normalized spacial score (nSPS) is 11.1. The molecule has 3 rings (SSSR count). The van der Waals surface area contributed by atoms with Gasteiger partial charge in [0, 0.05) is 0 Å². The highest BCUT2D eigenvalue weighted by Gasteiger charge is 2.05. The Morgan fingerprint density at radius 1 is 0.879 bits per heavy atom. The maximum absolute atomic E-state index is 10.4. The summed E-state index contributed by atoms with van der Waals surface area (Å²) >= 11 is 0. The summed E-state index contributed by atoms with van der Waals surface area (Å²) in [5, 5.41) is 8.52. The molecule has 3 nitrogen and oxygen atoms in total. The van der Waals surface area contributed by atoms with E-state index in [1.165, 1.54) is 16.7 Å². The molecule has 0 saturated carbocycles. The molecule has 1 atom stereocenters. The molecule has 0 fully saturated rings. The number of carbonyl (C=O) groups excluding carboxylic acids is 1. The predicted molar refractivity (Wildman–Crippen MR) is 139 cm³/mol. The van der Waals surface area contributed by atoms with Gasteiger partial charge in [-0.2, -0.15) is 0 Å². The number of aldehydes is 1. The first-order valence-corrected chi connectivity index (χ1v) is 11.3. The van der Waals surface area contributed by atoms with Crippen LogP contribution in [-0.2, 0) is 22.6 Å². The lowest BCUT2D eigenvalue weighted by Crippen LogP contribution is -2.10. The van der Waals surface area contributed by atoms with Gasteiger partial charge in [-0.05, 0) is 56.4 Å². The summed E-state index contributed by atoms with van der Waals surface area (Å²) in [5.41, 5.74) is 4.55. The highest BCUT2D eigenvalue weighted by atomic mass is 16.5. The lowest BCUT2D eigenvalue weighted by Gasteiger charge is -2.10. The lowest BCUT2D eigenvalue weighted by molar-refractivity contribution is -0.110. The minimum Gasteiger partial charge on any atom is -0.493 e. The minimum atomic E-state index is -0.500. The smallest absolute Gasteiger partial charge is 0.130 e. The van der Waals surface area contributed by atoms with E-state index < -0.39 is 5.60 Å². The van der Waals surface area contributed by atoms with Crippen LogP contribution in [-0.4, -0.2) is 17.0 Å². The number of aryl methyl sites for hydroxylation is 1. The van der Waals surface area contributed by atoms with E-state index in [0.29, 0.717) is 12.4 Å². The summed E-state index contributed by atoms with van der Waals surface area (Å²) in [6, 6.07) is 29.0. The van der Waals surface area contributed by atoms with Crippen molar-refractivity contribution in [3.8, 4) is 11.1 Å². The van der Waals surface area contributed by atoms with Crippen LogP contribution in [0.5, 0.6) is 0 Å². The third-order valence-electron chi connectivity index (χ3n) is 4.45. The van der Waals surface area contributed by atoms with Crippen LogP contribution < -0.4 is 0 Å². The van der Waals surface area contributed by atoms with Crippen molar-refractivity contribution < 1.29 is 14.6 Å². The Hall–Kier alpha value is -3.17. The van der Waals surface area contributed by atoms with Gasteiger partial charge in [-0.25, -0.2) is 0 Å². The zero-order valence-electron chi connectivity index (χ0n) is 20.6. The third kappa shape index (κ3) is 13.1. The Bertz CT molecular complexity index is 918. The van der Waals surface area contributed by atoms with Gasteiger partial charge in [0.1, 0.15) is 12.9 Å². The van der Waals surface area contributed by atoms with E-state index in [9.17, 15) is 4.79 Å². The van der Waals surface area contributed by atoms with Crippen molar-refractivity contribution in [3.63, 3.8) is 0 Å². The molecule has 0 aliphatic rings. The summed E-state index contributed by atoms with van der Waals surface area (Å²) in [4.78, 5) is 10.4. The molecule has 0 aliphatic carbocycles. The first-order chi connectivity index (χ1) is 15.6. The monoisotopic (exact) mass is 446 g/mol. The molecule has 0 bridgehead atoms. The number of hydrogen-bond acceptors (Lipinski definition) is 3. The fourth-order valence-corrected chi connectivity index (χ4v) is 2.52. The van der Waals surface area contributed by atoms with Crippen molar-refractivity contribution in [2.75, 3.05) is 0 Å². The average molecular weight is 447 g/mol. The number of benzene rings is 3. The van der Waals surface area contributed by atoms with Crippen molar-refractivity contribution in [1.29, 1.82) is 0 Å². The molecule has 3 heteroatoms. The minimum absolute atomic E-state index is 0.237. The van der Waals surface area contributed by atoms with E-state index in [2.05, 4.69) is 62.0 Å². The molecule has 1 N–H and O–H groups in total. The number of hydrogen-bond donors (Lipinski definition) is 1. The van der Waals surface area contributed by atoms with Gasteiger partial charge < -0.3 is 14.6 Å². The first kappa shape index (κ1) is 27.9. The van der Waals surface area contributed by atoms with E-state index >= 15 is 0 Å². The average Bonchev–Trinajstić information content (AvgIpc) is 2.82. The Morgan fingerprint density at radius 3 is 1.79 bits per heavy atom. The molecule has 0 heterocycles. The van der Waals surface area contributed by atoms with E-state index in [0.717, 1.165) is 18.3 Å². The van der Waals surface area contributed by atoms with Gasteiger partial charge in [0.15, 0.2) is 0 Å². The fourth-order valence-electron chi connectivity index (χ4n) is 2.52. The van der Waals surface area contributed by atoms with Crippen LogP contribution in [0.4, 0.5) is 0 Å². The molecule has 176 valence electrons. The number of rotatable bonds is 7. The van der Waals surface area contributed by atoms with Crippen molar-refractivity contribution in [3.05, 3.63) is 108 Å². The predicted octanol–water partition coefficient (Wildman–Crippen LogP) is 7.25. The second-order valence-electron chi connectivity index (χ2n) is 8.75. The highest BCUT2D eigenvalue weighted by molar-refractivity contribution is 5.63. The SMILES string of the molecule is C=C(OCc1ccccc1)C(C)C=O.CC(C)(C)O.CCc1ccc(-c2ccccc2)cc1. The van der Waals surface area contributed by atoms with Crippen LogP contribution in [0.25, 0.3) is 11.1 Å². The molecule has 0 amide bonds. The molecule has 0 radical (unpaired) electrons. The summed E-state index contributed by atoms with van der Waals surface area (Å²) < 4.78 is 5.36. The second-order valence-corrected chi connectivity index (χ2v) is 8.75. The van der Waals surface area contributed by atoms with Gasteiger partial charge in [-0.3, -0.25) is 0 Å². The molecular formula is C30H38O3. The largest absolute Gasteiger partial charge is 0.493 e. The summed E-state index contributed by atoms with van der Waals surface area (Å²) in [6.07, 6.45) is 1.93. The Labute approximate surface area is 199 Å². The Morgan fingerprint density at radius 2 is 1.33 bits per heavy atom. The Kier molecular flexibility index (Phi) is 12.5. The summed E-state index contributed by atoms with van der Waals surface area (Å²) in [5.74, 6) is 0.280. The number of aliphatic hydroxyl groups is 1. The van der Waals surface area contributed by atoms with Gasteiger partial charge in [0.2, 0.25) is 0 Å². The topological polar surface area (TPSA) is 46.5 Å². The third-order valence-corrected chi connectivity index (χ3v) is 4.45. The molecule has 0 saturated heterocycles. The van der Waals surface area contributed by atoms with Crippen LogP contribution in [0.1, 0.15) is 45.7 Å². The molecule has 1 unspecified atom stereocenters. The van der Waals surface area contributed by atoms with Gasteiger partial charge in [-0.1, -0.05) is 98.4 Å². The van der Waals surface area contributed by atoms with Crippen LogP contribution >= 0.6 is 0 Å². The molecule has 0 aromatic heterocycles. The summed E-state index contributed by atoms with van der Waals surface area (Å²) in [6.45, 7) is 13.3. The van der Waals surface area contributed by atoms with Crippen molar-refractivity contribution in [1.82, 2.24) is 0 Å². The highest BCUT2D eigenvalue weighted by Crippen LogP contribution is 2.19. The van der Waals surface area contributed by atoms with E-state index in [1.54, 1.807) is 27.7 Å². The van der Waals surface area contributed by atoms with E-state index in [4.69, 9.17) is 9.84 Å². The zero-order chi connectivity index (χ0) is 24.7. The van der Waals surface area contributed by atoms with Crippen molar-refractivity contribution >= 4 is 6.29 Å². The molecule has 3 aromatic carbocycles. The maximum atomic E-state index is 10.4. The van der Waals surface area contributed by atoms with Crippen molar-refractivity contribution in [2.24, 2.45) is 5.92 Å². The van der Waals surface area contributed by atoms with Gasteiger partial charge >= 0.3 is 0 Å². The van der Waals surface area contributed by atoms with Crippen LogP contribution in [0.2, 0.25) is 0 Å². The van der Waals surface area contributed by atoms with E-state index in [-0.39, 0.29) is 5.92 Å². The van der Waals surface area contributed by atoms with E-state index in [1.807, 2.05) is 36.4 Å². The van der Waals surface area contributed by atoms with Gasteiger partial charge in [-0.15, -0.1) is 0 Å². The Balaban J connectivity index is 0.000000275. The van der Waals surface area contributed by atoms with Gasteiger partial charge in [0.25, 0.3) is 0 Å². The second kappa shape index (κ2) is 14.8. The van der Waals surface area contributed by atoms with Crippen molar-refractivity contribution in [2.45, 2.75) is 53.2 Å². The first-order valence-electron chi connectivity index (χ1n) is 11.3. The quantitative estimate of drug-likeness (QED) is 0.307. The van der Waals surface area contributed by atoms with Crippen LogP contribution in [0.3, 0.4) is 0 Å². The molecule has 33 heavy (non-hydrogen) atoms. The molecule has 0 aliphatic heterocycles. The van der Waals surface area contributed by atoms with Crippen LogP contribution in [0, 0.1) is 5.92 Å². The van der Waals surface area contributed by atoms with Crippen LogP contribution in [0.15, 0.2) is 97.3 Å². The standard InChI is InChI=1S/C14H14.C12H14O2.C4H10O/c1-2-12-8-10-14(11-9-12)13-6-4-3-5-7-13;1-10(8-13)11(2)14-9-12-6-4-3-5-7-12;1-4(2,3)5/h3-11H,2H2,1H3;3-8,10H,2,9H2,1H3;5H,1-3H3. The molecule has 3 aromatic rings. The number of ether oxygens (including phenoxy) is 1. The molecule has 0 spiro atoms. The van der Waals surface area contributed by atoms with Gasteiger partial charge in [0.05, 0.1) is 17.3 Å². The number of carbonyl (C=O) groups is 1. The lowest BCUT2D eigenvalue weighted by atomic mass is 10.0. The maximum Gasteiger partial charge on any atom is 0.130 e. The summed E-state index contributed by atoms with van der Waals surface area (Å²) in [7, 11) is 0. The fraction of sp³-hybridized carbons (Fsp3) is 0.300.